The van der Waals surface area contributed by atoms with Gasteiger partial charge in [0.05, 0.1) is 22.0 Å². The van der Waals surface area contributed by atoms with E-state index in [2.05, 4.69) is 25.9 Å². The first kappa shape index (κ1) is 15.7. The molecule has 0 saturated carbocycles. The number of nitrogens with zero attached hydrogens (tertiary/aromatic N) is 2. The molecule has 1 aliphatic heterocycles. The van der Waals surface area contributed by atoms with Crippen molar-refractivity contribution in [3.63, 3.8) is 0 Å². The summed E-state index contributed by atoms with van der Waals surface area (Å²) in [4.78, 5) is 7.57. The largest absolute Gasteiger partial charge is 0.504 e. The predicted octanol–water partition coefficient (Wildman–Crippen LogP) is 4.68. The lowest BCUT2D eigenvalue weighted by Crippen LogP contribution is -2.16. The maximum absolute atomic E-state index is 14.2. The normalized spacial score (nSPS) is 18.0. The van der Waals surface area contributed by atoms with Crippen LogP contribution in [0.1, 0.15) is 17.0 Å². The molecule has 2 heterocycles. The number of aliphatic hydroxyl groups is 1. The van der Waals surface area contributed by atoms with E-state index >= 15 is 0 Å². The van der Waals surface area contributed by atoms with E-state index in [4.69, 9.17) is 11.6 Å². The molecule has 116 valence electrons. The second-order valence-corrected chi connectivity index (χ2v) is 7.82. The zero-order chi connectivity index (χ0) is 16.1. The zero-order valence-corrected chi connectivity index (χ0v) is 14.0. The minimum absolute atomic E-state index is 0.0612. The lowest BCUT2D eigenvalue weighted by atomic mass is 10.1. The molecule has 0 aliphatic carbocycles. The minimum atomic E-state index is -3.52. The number of halogens is 3. The van der Waals surface area contributed by atoms with Gasteiger partial charge in [-0.15, -0.1) is 0 Å². The molecule has 1 aliphatic rings. The summed E-state index contributed by atoms with van der Waals surface area (Å²) in [5, 5.41) is 10.3. The average molecular weight is 408 g/mol. The number of aliphatic hydroxyl groups excluding tert-OH is 1. The highest BCUT2D eigenvalue weighted by Gasteiger charge is 2.37. The molecule has 0 atom stereocenters. The maximum Gasteiger partial charge on any atom is 0.167 e. The number of hydrogen-bond donors (Lipinski definition) is 3. The van der Waals surface area contributed by atoms with E-state index in [1.54, 1.807) is 0 Å². The second kappa shape index (κ2) is 5.47. The standard InChI is InChI=1S/C13H9BrClFN2O3S/c14-6-1-2-7(16)9(10(6)15)13-12(19)11-8(5-22(13,20)21)17-3-4-18-11/h1-4,19-21H,5H2. The maximum atomic E-state index is 14.2. The van der Waals surface area contributed by atoms with E-state index < -0.39 is 22.2 Å². The molecule has 0 unspecified atom stereocenters. The van der Waals surface area contributed by atoms with E-state index in [1.165, 1.54) is 18.5 Å². The Morgan fingerprint density at radius 1 is 1.23 bits per heavy atom. The molecule has 0 fully saturated rings. The fourth-order valence-corrected chi connectivity index (χ4v) is 4.52. The van der Waals surface area contributed by atoms with Crippen molar-refractivity contribution in [3.05, 3.63) is 56.8 Å². The highest BCUT2D eigenvalue weighted by atomic mass is 79.9. The van der Waals surface area contributed by atoms with Crippen molar-refractivity contribution in [2.75, 3.05) is 0 Å². The first-order chi connectivity index (χ1) is 10.3. The first-order valence-corrected chi connectivity index (χ1v) is 8.85. The molecule has 0 spiro atoms. The predicted molar refractivity (Wildman–Crippen MR) is 87.1 cm³/mol. The summed E-state index contributed by atoms with van der Waals surface area (Å²) in [5.74, 6) is -1.58. The summed E-state index contributed by atoms with van der Waals surface area (Å²) in [6.45, 7) is 0. The van der Waals surface area contributed by atoms with Crippen LogP contribution in [0.25, 0.3) is 10.7 Å². The number of fused-ring (bicyclic) bond motifs is 1. The fraction of sp³-hybridized carbons (Fsp3) is 0.0769. The lowest BCUT2D eigenvalue weighted by Gasteiger charge is -2.38. The summed E-state index contributed by atoms with van der Waals surface area (Å²) in [6, 6.07) is 2.51. The van der Waals surface area contributed by atoms with Crippen molar-refractivity contribution < 1.29 is 18.6 Å². The quantitative estimate of drug-likeness (QED) is 0.598. The van der Waals surface area contributed by atoms with Crippen LogP contribution in [0.3, 0.4) is 0 Å². The van der Waals surface area contributed by atoms with Gasteiger partial charge in [-0.25, -0.2) is 9.37 Å². The zero-order valence-electron chi connectivity index (χ0n) is 10.8. The van der Waals surface area contributed by atoms with Gasteiger partial charge in [0.1, 0.15) is 16.4 Å². The molecule has 9 heteroatoms. The minimum Gasteiger partial charge on any atom is -0.504 e. The molecule has 5 nitrogen and oxygen atoms in total. The van der Waals surface area contributed by atoms with Crippen LogP contribution in [0.2, 0.25) is 5.02 Å². The molecule has 22 heavy (non-hydrogen) atoms. The van der Waals surface area contributed by atoms with Crippen LogP contribution in [-0.4, -0.2) is 24.2 Å². The Balaban J connectivity index is 2.36. The Kier molecular flexibility index (Phi) is 3.90. The van der Waals surface area contributed by atoms with E-state index in [0.717, 1.165) is 6.07 Å². The first-order valence-electron chi connectivity index (χ1n) is 5.96. The van der Waals surface area contributed by atoms with Crippen molar-refractivity contribution in [3.8, 4) is 0 Å². The molecule has 0 radical (unpaired) electrons. The SMILES string of the molecule is OC1=C(c2c(F)ccc(Br)c2Cl)S(O)(O)Cc2nccnc21. The van der Waals surface area contributed by atoms with Crippen molar-refractivity contribution in [1.29, 1.82) is 0 Å². The molecular formula is C13H9BrClFN2O3S. The molecule has 1 aromatic carbocycles. The molecule has 2 aromatic rings. The Labute approximate surface area is 140 Å². The molecule has 0 saturated heterocycles. The van der Waals surface area contributed by atoms with Gasteiger partial charge in [0.2, 0.25) is 0 Å². The van der Waals surface area contributed by atoms with E-state index in [0.29, 0.717) is 4.47 Å². The van der Waals surface area contributed by atoms with Crippen LogP contribution in [-0.2, 0) is 5.75 Å². The smallest absolute Gasteiger partial charge is 0.167 e. The Morgan fingerprint density at radius 2 is 1.91 bits per heavy atom. The monoisotopic (exact) mass is 406 g/mol. The molecule has 3 N–H and O–H groups in total. The summed E-state index contributed by atoms with van der Waals surface area (Å²) in [6.07, 6.45) is 2.72. The highest BCUT2D eigenvalue weighted by molar-refractivity contribution is 9.10. The van der Waals surface area contributed by atoms with Crippen molar-refractivity contribution in [2.45, 2.75) is 5.75 Å². The van der Waals surface area contributed by atoms with E-state index in [1.807, 2.05) is 0 Å². The van der Waals surface area contributed by atoms with Gasteiger partial charge < -0.3 is 5.11 Å². The van der Waals surface area contributed by atoms with Gasteiger partial charge in [-0.3, -0.25) is 14.1 Å². The van der Waals surface area contributed by atoms with Crippen LogP contribution < -0.4 is 0 Å². The van der Waals surface area contributed by atoms with Crippen LogP contribution in [0.4, 0.5) is 4.39 Å². The van der Waals surface area contributed by atoms with E-state index in [9.17, 15) is 18.6 Å². The third-order valence-electron chi connectivity index (χ3n) is 3.15. The Bertz CT molecular complexity index is 816. The van der Waals surface area contributed by atoms with Gasteiger partial charge in [0, 0.05) is 16.9 Å². The summed E-state index contributed by atoms with van der Waals surface area (Å²) >= 11 is 9.23. The molecule has 3 rings (SSSR count). The number of rotatable bonds is 1. The topological polar surface area (TPSA) is 86.5 Å². The van der Waals surface area contributed by atoms with Crippen molar-refractivity contribution in [1.82, 2.24) is 9.97 Å². The van der Waals surface area contributed by atoms with Crippen LogP contribution in [0.5, 0.6) is 0 Å². The fourth-order valence-electron chi connectivity index (χ4n) is 2.21. The second-order valence-electron chi connectivity index (χ2n) is 4.56. The Morgan fingerprint density at radius 3 is 2.64 bits per heavy atom. The average Bonchev–Trinajstić information content (AvgIpc) is 2.46. The van der Waals surface area contributed by atoms with Crippen LogP contribution >= 0.6 is 38.1 Å². The van der Waals surface area contributed by atoms with Crippen LogP contribution in [0.15, 0.2) is 29.0 Å². The van der Waals surface area contributed by atoms with Gasteiger partial charge in [0.15, 0.2) is 5.76 Å². The van der Waals surface area contributed by atoms with E-state index in [-0.39, 0.29) is 32.6 Å². The van der Waals surface area contributed by atoms with Crippen molar-refractivity contribution in [2.24, 2.45) is 0 Å². The number of aromatic nitrogens is 2. The molecule has 0 bridgehead atoms. The Hall–Kier alpha value is -1.19. The number of benzene rings is 1. The number of hydrogen-bond acceptors (Lipinski definition) is 5. The lowest BCUT2D eigenvalue weighted by molar-refractivity contribution is 0.484. The third kappa shape index (κ3) is 2.40. The van der Waals surface area contributed by atoms with Gasteiger partial charge in [0.25, 0.3) is 0 Å². The third-order valence-corrected chi connectivity index (χ3v) is 6.16. The van der Waals surface area contributed by atoms with Gasteiger partial charge in [-0.05, 0) is 28.1 Å². The van der Waals surface area contributed by atoms with Gasteiger partial charge in [-0.1, -0.05) is 11.6 Å². The summed E-state index contributed by atoms with van der Waals surface area (Å²) in [5.41, 5.74) is 0.0549. The summed E-state index contributed by atoms with van der Waals surface area (Å²) in [7, 11) is -3.52. The van der Waals surface area contributed by atoms with Gasteiger partial charge >= 0.3 is 0 Å². The highest BCUT2D eigenvalue weighted by Crippen LogP contribution is 2.62. The summed E-state index contributed by atoms with van der Waals surface area (Å²) < 4.78 is 35.3. The van der Waals surface area contributed by atoms with Crippen LogP contribution in [0, 0.1) is 5.82 Å². The van der Waals surface area contributed by atoms with Gasteiger partial charge in [-0.2, -0.15) is 10.6 Å². The molecule has 1 aromatic heterocycles. The molecular weight excluding hydrogens is 399 g/mol. The molecule has 0 amide bonds. The van der Waals surface area contributed by atoms with Crippen molar-refractivity contribution >= 4 is 48.8 Å².